The Morgan fingerprint density at radius 3 is 2.50 bits per heavy atom. The molecule has 1 unspecified atom stereocenters. The minimum Gasteiger partial charge on any atom is -0.496 e. The number of nitrogens with one attached hydrogen (secondary N) is 1. The van der Waals surface area contributed by atoms with Crippen LogP contribution in [-0.2, 0) is 6.42 Å². The van der Waals surface area contributed by atoms with Crippen LogP contribution in [-0.4, -0.2) is 13.7 Å². The second-order valence-corrected chi connectivity index (χ2v) is 5.99. The lowest BCUT2D eigenvalue weighted by molar-refractivity contribution is 0.403. The summed E-state index contributed by atoms with van der Waals surface area (Å²) in [4.78, 5) is 1.29. The fourth-order valence-corrected chi connectivity index (χ4v) is 3.55. The van der Waals surface area contributed by atoms with Crippen molar-refractivity contribution >= 4 is 11.3 Å². The quantitative estimate of drug-likeness (QED) is 0.857. The van der Waals surface area contributed by atoms with E-state index in [0.717, 1.165) is 18.7 Å². The Labute approximate surface area is 125 Å². The second-order valence-electron chi connectivity index (χ2n) is 5.04. The highest BCUT2D eigenvalue weighted by atomic mass is 32.1. The van der Waals surface area contributed by atoms with E-state index in [2.05, 4.69) is 55.7 Å². The topological polar surface area (TPSA) is 21.3 Å². The molecule has 1 aromatic heterocycles. The van der Waals surface area contributed by atoms with Gasteiger partial charge in [-0.25, -0.2) is 0 Å². The molecule has 0 aliphatic carbocycles. The molecule has 2 nitrogen and oxygen atoms in total. The average Bonchev–Trinajstić information content (AvgIpc) is 2.90. The highest BCUT2D eigenvalue weighted by molar-refractivity contribution is 7.10. The van der Waals surface area contributed by atoms with Crippen molar-refractivity contribution in [1.82, 2.24) is 5.32 Å². The van der Waals surface area contributed by atoms with Gasteiger partial charge in [-0.05, 0) is 54.9 Å². The Kier molecular flexibility index (Phi) is 5.21. The zero-order valence-corrected chi connectivity index (χ0v) is 13.5. The second kappa shape index (κ2) is 6.91. The molecule has 0 fully saturated rings. The van der Waals surface area contributed by atoms with E-state index in [-0.39, 0.29) is 0 Å². The molecular formula is C17H23NOS. The van der Waals surface area contributed by atoms with Crippen molar-refractivity contribution < 1.29 is 4.74 Å². The molecule has 0 saturated heterocycles. The summed E-state index contributed by atoms with van der Waals surface area (Å²) >= 11 is 1.77. The van der Waals surface area contributed by atoms with Crippen molar-refractivity contribution in [3.8, 4) is 5.75 Å². The number of methoxy groups -OCH3 is 1. The fraction of sp³-hybridized carbons (Fsp3) is 0.412. The van der Waals surface area contributed by atoms with Gasteiger partial charge in [-0.1, -0.05) is 25.1 Å². The normalized spacial score (nSPS) is 12.4. The van der Waals surface area contributed by atoms with E-state index in [1.807, 2.05) is 0 Å². The van der Waals surface area contributed by atoms with Crippen molar-refractivity contribution in [2.45, 2.75) is 33.2 Å². The van der Waals surface area contributed by atoms with E-state index < -0.39 is 0 Å². The van der Waals surface area contributed by atoms with E-state index in [9.17, 15) is 0 Å². The molecular weight excluding hydrogens is 266 g/mol. The van der Waals surface area contributed by atoms with Crippen LogP contribution in [0.4, 0.5) is 0 Å². The third-order valence-electron chi connectivity index (χ3n) is 3.70. The van der Waals surface area contributed by atoms with Gasteiger partial charge in [0.25, 0.3) is 0 Å². The van der Waals surface area contributed by atoms with Gasteiger partial charge in [0, 0.05) is 6.04 Å². The van der Waals surface area contributed by atoms with Crippen LogP contribution < -0.4 is 10.1 Å². The summed E-state index contributed by atoms with van der Waals surface area (Å²) in [5, 5.41) is 5.69. The van der Waals surface area contributed by atoms with Gasteiger partial charge in [-0.15, -0.1) is 11.3 Å². The smallest absolute Gasteiger partial charge is 0.134 e. The lowest BCUT2D eigenvalue weighted by Crippen LogP contribution is -2.23. The molecule has 2 rings (SSSR count). The van der Waals surface area contributed by atoms with Crippen LogP contribution in [0.1, 0.15) is 34.5 Å². The number of hydrogen-bond acceptors (Lipinski definition) is 3. The minimum absolute atomic E-state index is 0.315. The highest BCUT2D eigenvalue weighted by Crippen LogP contribution is 2.33. The molecule has 0 radical (unpaired) electrons. The van der Waals surface area contributed by atoms with Crippen LogP contribution in [0.5, 0.6) is 5.75 Å². The number of likely N-dealkylation sites (N-methyl/N-ethyl adjacent to an activating group) is 1. The molecule has 108 valence electrons. The van der Waals surface area contributed by atoms with Gasteiger partial charge in [0.1, 0.15) is 5.75 Å². The number of benzene rings is 1. The molecule has 3 heteroatoms. The fourth-order valence-electron chi connectivity index (χ4n) is 2.61. The number of thiophene rings is 1. The minimum atomic E-state index is 0.315. The van der Waals surface area contributed by atoms with Gasteiger partial charge < -0.3 is 10.1 Å². The number of hydrogen-bond donors (Lipinski definition) is 1. The first-order valence-corrected chi connectivity index (χ1v) is 7.95. The molecule has 2 aromatic rings. The predicted molar refractivity (Wildman–Crippen MR) is 86.9 cm³/mol. The lowest BCUT2D eigenvalue weighted by Gasteiger charge is -2.20. The third kappa shape index (κ3) is 3.22. The molecule has 0 aliphatic heterocycles. The largest absolute Gasteiger partial charge is 0.496 e. The molecule has 0 amide bonds. The summed E-state index contributed by atoms with van der Waals surface area (Å²) in [6.07, 6.45) is 1.00. The van der Waals surface area contributed by atoms with Gasteiger partial charge >= 0.3 is 0 Å². The zero-order chi connectivity index (χ0) is 14.5. The first-order chi connectivity index (χ1) is 9.67. The van der Waals surface area contributed by atoms with E-state index in [4.69, 9.17) is 4.74 Å². The molecule has 0 aliphatic rings. The molecule has 0 saturated carbocycles. The standard InChI is InChI=1S/C17H23NOS/c1-5-18-15(17-16(19-4)9-10-20-17)11-14-12(2)7-6-8-13(14)3/h6-10,15,18H,5,11H2,1-4H3. The summed E-state index contributed by atoms with van der Waals surface area (Å²) in [7, 11) is 1.74. The monoisotopic (exact) mass is 289 g/mol. The van der Waals surface area contributed by atoms with E-state index in [1.54, 1.807) is 18.4 Å². The van der Waals surface area contributed by atoms with Crippen molar-refractivity contribution in [2.24, 2.45) is 0 Å². The maximum Gasteiger partial charge on any atom is 0.134 e. The van der Waals surface area contributed by atoms with Crippen LogP contribution in [0.25, 0.3) is 0 Å². The predicted octanol–water partition coefficient (Wildman–Crippen LogP) is 4.27. The molecule has 1 aromatic carbocycles. The van der Waals surface area contributed by atoms with Gasteiger partial charge in [0.05, 0.1) is 12.0 Å². The molecule has 1 N–H and O–H groups in total. The Hall–Kier alpha value is -1.32. The molecule has 20 heavy (non-hydrogen) atoms. The molecule has 1 heterocycles. The molecule has 0 bridgehead atoms. The van der Waals surface area contributed by atoms with Gasteiger partial charge in [-0.2, -0.15) is 0 Å². The summed E-state index contributed by atoms with van der Waals surface area (Å²) in [5.74, 6) is 0.993. The van der Waals surface area contributed by atoms with Crippen LogP contribution in [0.15, 0.2) is 29.6 Å². The van der Waals surface area contributed by atoms with Crippen LogP contribution in [0.2, 0.25) is 0 Å². The first kappa shape index (κ1) is 15.1. The van der Waals surface area contributed by atoms with Gasteiger partial charge in [-0.3, -0.25) is 0 Å². The number of ether oxygens (including phenoxy) is 1. The first-order valence-electron chi connectivity index (χ1n) is 7.07. The zero-order valence-electron chi connectivity index (χ0n) is 12.7. The lowest BCUT2D eigenvalue weighted by atomic mass is 9.95. The summed E-state index contributed by atoms with van der Waals surface area (Å²) in [6, 6.07) is 8.88. The average molecular weight is 289 g/mol. The van der Waals surface area contributed by atoms with Crippen molar-refractivity contribution in [3.63, 3.8) is 0 Å². The van der Waals surface area contributed by atoms with E-state index in [1.165, 1.54) is 21.6 Å². The third-order valence-corrected chi connectivity index (χ3v) is 4.71. The molecule has 1 atom stereocenters. The summed E-state index contributed by atoms with van der Waals surface area (Å²) in [6.45, 7) is 7.49. The summed E-state index contributed by atoms with van der Waals surface area (Å²) < 4.78 is 5.48. The number of aryl methyl sites for hydroxylation is 2. The van der Waals surface area contributed by atoms with Gasteiger partial charge in [0.2, 0.25) is 0 Å². The maximum absolute atomic E-state index is 5.48. The summed E-state index contributed by atoms with van der Waals surface area (Å²) in [5.41, 5.74) is 4.17. The van der Waals surface area contributed by atoms with E-state index >= 15 is 0 Å². The number of rotatable bonds is 6. The van der Waals surface area contributed by atoms with Crippen molar-refractivity contribution in [2.75, 3.05) is 13.7 Å². The maximum atomic E-state index is 5.48. The van der Waals surface area contributed by atoms with Crippen molar-refractivity contribution in [3.05, 3.63) is 51.2 Å². The van der Waals surface area contributed by atoms with Crippen LogP contribution >= 0.6 is 11.3 Å². The highest BCUT2D eigenvalue weighted by Gasteiger charge is 2.19. The SMILES string of the molecule is CCNC(Cc1c(C)cccc1C)c1sccc1OC. The Morgan fingerprint density at radius 1 is 1.20 bits per heavy atom. The molecule has 0 spiro atoms. The van der Waals surface area contributed by atoms with Crippen LogP contribution in [0, 0.1) is 13.8 Å². The van der Waals surface area contributed by atoms with Crippen molar-refractivity contribution in [1.29, 1.82) is 0 Å². The Balaban J connectivity index is 2.30. The Bertz CT molecular complexity index is 542. The van der Waals surface area contributed by atoms with Gasteiger partial charge in [0.15, 0.2) is 0 Å². The van der Waals surface area contributed by atoms with Crippen LogP contribution in [0.3, 0.4) is 0 Å². The Morgan fingerprint density at radius 2 is 1.90 bits per heavy atom. The van der Waals surface area contributed by atoms with E-state index in [0.29, 0.717) is 6.04 Å².